The SMILES string of the molecule is ClCc1ncc(CBr)o1. The van der Waals surface area contributed by atoms with E-state index in [2.05, 4.69) is 20.9 Å². The third-order valence-corrected chi connectivity index (χ3v) is 1.63. The van der Waals surface area contributed by atoms with Crippen LogP contribution >= 0.6 is 27.5 Å². The standard InChI is InChI=1S/C5H5BrClNO/c6-1-4-3-8-5(2-7)9-4/h3H,1-2H2. The first-order valence-electron chi connectivity index (χ1n) is 2.42. The number of alkyl halides is 2. The Labute approximate surface area is 66.3 Å². The summed E-state index contributed by atoms with van der Waals surface area (Å²) in [4.78, 5) is 3.88. The van der Waals surface area contributed by atoms with E-state index in [1.54, 1.807) is 6.20 Å². The van der Waals surface area contributed by atoms with Gasteiger partial charge < -0.3 is 4.42 Å². The van der Waals surface area contributed by atoms with Crippen molar-refractivity contribution in [3.05, 3.63) is 17.8 Å². The normalized spacial score (nSPS) is 10.0. The van der Waals surface area contributed by atoms with Crippen molar-refractivity contribution in [3.63, 3.8) is 0 Å². The molecule has 9 heavy (non-hydrogen) atoms. The average molecular weight is 210 g/mol. The molecular weight excluding hydrogens is 205 g/mol. The lowest BCUT2D eigenvalue weighted by Gasteiger charge is -1.82. The lowest BCUT2D eigenvalue weighted by atomic mass is 10.6. The van der Waals surface area contributed by atoms with Crippen LogP contribution in [0.2, 0.25) is 0 Å². The minimum Gasteiger partial charge on any atom is -0.444 e. The van der Waals surface area contributed by atoms with Gasteiger partial charge in [0.25, 0.3) is 0 Å². The lowest BCUT2D eigenvalue weighted by molar-refractivity contribution is 0.487. The van der Waals surface area contributed by atoms with Gasteiger partial charge in [-0.25, -0.2) is 4.98 Å². The maximum atomic E-state index is 5.43. The predicted molar refractivity (Wildman–Crippen MR) is 38.7 cm³/mol. The van der Waals surface area contributed by atoms with Crippen molar-refractivity contribution in [1.82, 2.24) is 4.98 Å². The Morgan fingerprint density at radius 1 is 1.78 bits per heavy atom. The molecule has 1 aromatic heterocycles. The minimum absolute atomic E-state index is 0.340. The number of halogens is 2. The third-order valence-electron chi connectivity index (χ3n) is 0.847. The molecular formula is C5H5BrClNO. The van der Waals surface area contributed by atoms with Crippen LogP contribution in [0.15, 0.2) is 10.6 Å². The van der Waals surface area contributed by atoms with E-state index in [1.807, 2.05) is 0 Å². The fourth-order valence-corrected chi connectivity index (χ4v) is 0.854. The minimum atomic E-state index is 0.340. The molecule has 0 unspecified atom stereocenters. The number of hydrogen-bond donors (Lipinski definition) is 0. The second-order valence-corrected chi connectivity index (χ2v) is 2.32. The van der Waals surface area contributed by atoms with Gasteiger partial charge in [0.15, 0.2) is 0 Å². The molecule has 50 valence electrons. The van der Waals surface area contributed by atoms with Crippen LogP contribution in [0.5, 0.6) is 0 Å². The monoisotopic (exact) mass is 209 g/mol. The van der Waals surface area contributed by atoms with Crippen LogP contribution in [0.4, 0.5) is 0 Å². The van der Waals surface area contributed by atoms with E-state index < -0.39 is 0 Å². The predicted octanol–water partition coefficient (Wildman–Crippen LogP) is 2.31. The van der Waals surface area contributed by atoms with Gasteiger partial charge in [-0.3, -0.25) is 0 Å². The summed E-state index contributed by atoms with van der Waals surface area (Å²) >= 11 is 8.65. The number of rotatable bonds is 2. The van der Waals surface area contributed by atoms with Crippen molar-refractivity contribution in [2.75, 3.05) is 0 Å². The summed E-state index contributed by atoms with van der Waals surface area (Å²) in [6.45, 7) is 0. The Hall–Kier alpha value is -0.0200. The highest BCUT2D eigenvalue weighted by Crippen LogP contribution is 2.08. The Kier molecular flexibility index (Phi) is 2.54. The molecule has 0 aliphatic heterocycles. The highest BCUT2D eigenvalue weighted by molar-refractivity contribution is 9.08. The fraction of sp³-hybridized carbons (Fsp3) is 0.400. The molecule has 0 aliphatic carbocycles. The summed E-state index contributed by atoms with van der Waals surface area (Å²) in [5.74, 6) is 1.73. The van der Waals surface area contributed by atoms with Gasteiger partial charge in [-0.05, 0) is 0 Å². The van der Waals surface area contributed by atoms with E-state index >= 15 is 0 Å². The second kappa shape index (κ2) is 3.22. The largest absolute Gasteiger partial charge is 0.444 e. The molecule has 0 aromatic carbocycles. The molecule has 0 saturated carbocycles. The van der Waals surface area contributed by atoms with Crippen LogP contribution in [0.1, 0.15) is 11.7 Å². The Morgan fingerprint density at radius 2 is 2.56 bits per heavy atom. The van der Waals surface area contributed by atoms with Crippen LogP contribution in [0.25, 0.3) is 0 Å². The number of oxazole rings is 1. The van der Waals surface area contributed by atoms with Crippen LogP contribution in [-0.4, -0.2) is 4.98 Å². The molecule has 0 radical (unpaired) electrons. The van der Waals surface area contributed by atoms with E-state index in [0.717, 1.165) is 5.76 Å². The van der Waals surface area contributed by atoms with Gasteiger partial charge in [0, 0.05) is 0 Å². The van der Waals surface area contributed by atoms with Crippen LogP contribution in [0.3, 0.4) is 0 Å². The van der Waals surface area contributed by atoms with Crippen molar-refractivity contribution >= 4 is 27.5 Å². The van der Waals surface area contributed by atoms with E-state index in [0.29, 0.717) is 17.1 Å². The van der Waals surface area contributed by atoms with Crippen molar-refractivity contribution in [2.24, 2.45) is 0 Å². The van der Waals surface area contributed by atoms with E-state index in [4.69, 9.17) is 16.0 Å². The molecule has 0 N–H and O–H groups in total. The van der Waals surface area contributed by atoms with Crippen LogP contribution < -0.4 is 0 Å². The van der Waals surface area contributed by atoms with Crippen LogP contribution in [-0.2, 0) is 11.2 Å². The Balaban J connectivity index is 2.74. The first kappa shape index (κ1) is 7.09. The van der Waals surface area contributed by atoms with Crippen LogP contribution in [0, 0.1) is 0 Å². The Morgan fingerprint density at radius 3 is 2.89 bits per heavy atom. The molecule has 0 amide bonds. The van der Waals surface area contributed by atoms with E-state index in [9.17, 15) is 0 Å². The quantitative estimate of drug-likeness (QED) is 0.700. The van der Waals surface area contributed by atoms with Gasteiger partial charge in [-0.15, -0.1) is 11.6 Å². The molecule has 0 bridgehead atoms. The zero-order chi connectivity index (χ0) is 6.69. The molecule has 0 aliphatic rings. The number of nitrogens with zero attached hydrogens (tertiary/aromatic N) is 1. The molecule has 1 aromatic rings. The smallest absolute Gasteiger partial charge is 0.209 e. The highest BCUT2D eigenvalue weighted by Gasteiger charge is 1.98. The lowest BCUT2D eigenvalue weighted by Crippen LogP contribution is -1.71. The molecule has 2 nitrogen and oxygen atoms in total. The van der Waals surface area contributed by atoms with Crippen molar-refractivity contribution in [1.29, 1.82) is 0 Å². The second-order valence-electron chi connectivity index (χ2n) is 1.49. The molecule has 4 heteroatoms. The summed E-state index contributed by atoms with van der Waals surface area (Å²) in [5.41, 5.74) is 0. The zero-order valence-corrected chi connectivity index (χ0v) is 6.94. The van der Waals surface area contributed by atoms with E-state index in [-0.39, 0.29) is 0 Å². The van der Waals surface area contributed by atoms with Gasteiger partial charge in [0.05, 0.1) is 17.4 Å². The summed E-state index contributed by atoms with van der Waals surface area (Å²) in [5, 5.41) is 0.691. The molecule has 1 heterocycles. The summed E-state index contributed by atoms with van der Waals surface area (Å²) in [6, 6.07) is 0. The first-order valence-corrected chi connectivity index (χ1v) is 4.08. The van der Waals surface area contributed by atoms with Crippen molar-refractivity contribution < 1.29 is 4.42 Å². The molecule has 0 atom stereocenters. The van der Waals surface area contributed by atoms with E-state index in [1.165, 1.54) is 0 Å². The van der Waals surface area contributed by atoms with Crippen molar-refractivity contribution in [3.8, 4) is 0 Å². The topological polar surface area (TPSA) is 26.0 Å². The maximum absolute atomic E-state index is 5.43. The maximum Gasteiger partial charge on any atom is 0.209 e. The summed E-state index contributed by atoms with van der Waals surface area (Å²) in [6.07, 6.45) is 1.66. The molecule has 1 rings (SSSR count). The number of aromatic nitrogens is 1. The highest BCUT2D eigenvalue weighted by atomic mass is 79.9. The first-order chi connectivity index (χ1) is 4.36. The van der Waals surface area contributed by atoms with Gasteiger partial charge in [-0.2, -0.15) is 0 Å². The average Bonchev–Trinajstić information content (AvgIpc) is 2.34. The van der Waals surface area contributed by atoms with Gasteiger partial charge in [0.2, 0.25) is 5.89 Å². The van der Waals surface area contributed by atoms with Gasteiger partial charge >= 0.3 is 0 Å². The summed E-state index contributed by atoms with van der Waals surface area (Å²) in [7, 11) is 0. The third kappa shape index (κ3) is 1.69. The molecule has 0 spiro atoms. The zero-order valence-electron chi connectivity index (χ0n) is 4.60. The van der Waals surface area contributed by atoms with Gasteiger partial charge in [-0.1, -0.05) is 15.9 Å². The fourth-order valence-electron chi connectivity index (χ4n) is 0.472. The van der Waals surface area contributed by atoms with Gasteiger partial charge in [0.1, 0.15) is 5.76 Å². The summed E-state index contributed by atoms with van der Waals surface area (Å²) < 4.78 is 5.09. The molecule has 0 fully saturated rings. The van der Waals surface area contributed by atoms with Crippen molar-refractivity contribution in [2.45, 2.75) is 11.2 Å². The number of hydrogen-bond acceptors (Lipinski definition) is 2. The molecule has 0 saturated heterocycles. The Bertz CT molecular complexity index is 170.